The topological polar surface area (TPSA) is 135 Å². The van der Waals surface area contributed by atoms with Crippen LogP contribution in [-0.4, -0.2) is 49.6 Å². The van der Waals surface area contributed by atoms with Crippen molar-refractivity contribution in [3.63, 3.8) is 0 Å². The number of anilines is 1. The number of nitriles is 1. The number of methoxy groups -OCH3 is 2. The minimum Gasteiger partial charge on any atom is -0.495 e. The predicted molar refractivity (Wildman–Crippen MR) is 144 cm³/mol. The van der Waals surface area contributed by atoms with E-state index < -0.39 is 0 Å². The van der Waals surface area contributed by atoms with E-state index in [1.54, 1.807) is 55.6 Å². The summed E-state index contributed by atoms with van der Waals surface area (Å²) in [5.41, 5.74) is 5.61. The minimum absolute atomic E-state index is 0.0403. The fourth-order valence-electron chi connectivity index (χ4n) is 3.28. The number of thioether (sulfide) groups is 1. The van der Waals surface area contributed by atoms with Gasteiger partial charge < -0.3 is 19.5 Å². The van der Waals surface area contributed by atoms with Gasteiger partial charge in [0.2, 0.25) is 5.91 Å². The standard InChI is InChI=1S/C27H27N5O5S/c1-18-12-20(15-35-2)22(13-28)27(30-18)38-17-26(34)32-29-14-19-8-10-21(11-9-19)37-16-25(33)31-23-6-4-5-7-24(23)36-3/h4-12,14H,15-17H2,1-3H3,(H,31,33)(H,32,34)/b29-14+. The summed E-state index contributed by atoms with van der Waals surface area (Å²) in [6.07, 6.45) is 1.49. The molecule has 3 aromatic rings. The van der Waals surface area contributed by atoms with E-state index in [1.165, 1.54) is 13.3 Å². The van der Waals surface area contributed by atoms with Gasteiger partial charge in [0, 0.05) is 12.8 Å². The van der Waals surface area contributed by atoms with Gasteiger partial charge in [0.1, 0.15) is 22.6 Å². The highest BCUT2D eigenvalue weighted by Gasteiger charge is 2.13. The number of aryl methyl sites for hydroxylation is 1. The number of carbonyl (C=O) groups excluding carboxylic acids is 2. The van der Waals surface area contributed by atoms with Crippen LogP contribution in [0.4, 0.5) is 5.69 Å². The number of hydrazone groups is 1. The molecule has 2 amide bonds. The highest BCUT2D eigenvalue weighted by atomic mass is 32.2. The van der Waals surface area contributed by atoms with Gasteiger partial charge in [0.05, 0.1) is 36.9 Å². The fraction of sp³-hybridized carbons (Fsp3) is 0.222. The van der Waals surface area contributed by atoms with E-state index in [0.29, 0.717) is 27.8 Å². The number of para-hydroxylation sites is 2. The fourth-order valence-corrected chi connectivity index (χ4v) is 4.14. The number of nitrogens with zero attached hydrogens (tertiary/aromatic N) is 3. The second-order valence-corrected chi connectivity index (χ2v) is 8.80. The Morgan fingerprint density at radius 1 is 1.13 bits per heavy atom. The molecule has 196 valence electrons. The first-order valence-corrected chi connectivity index (χ1v) is 12.4. The normalized spacial score (nSPS) is 10.6. The zero-order valence-corrected chi connectivity index (χ0v) is 22.0. The summed E-state index contributed by atoms with van der Waals surface area (Å²) in [5, 5.41) is 16.7. The SMILES string of the molecule is COCc1cc(C)nc(SCC(=O)N/N=C/c2ccc(OCC(=O)Nc3ccccc3OC)cc2)c1C#N. The Hall–Kier alpha value is -4.40. The van der Waals surface area contributed by atoms with Gasteiger partial charge >= 0.3 is 0 Å². The molecule has 3 rings (SSSR count). The molecule has 0 fully saturated rings. The van der Waals surface area contributed by atoms with E-state index in [-0.39, 0.29) is 30.8 Å². The third kappa shape index (κ3) is 8.33. The Kier molecular flexibility index (Phi) is 10.7. The van der Waals surface area contributed by atoms with Gasteiger partial charge in [0.15, 0.2) is 6.61 Å². The summed E-state index contributed by atoms with van der Waals surface area (Å²) in [4.78, 5) is 28.8. The Balaban J connectivity index is 1.46. The molecule has 2 N–H and O–H groups in total. The quantitative estimate of drug-likeness (QED) is 0.205. The van der Waals surface area contributed by atoms with Crippen molar-refractivity contribution < 1.29 is 23.8 Å². The first-order chi connectivity index (χ1) is 18.4. The minimum atomic E-state index is -0.340. The summed E-state index contributed by atoms with van der Waals surface area (Å²) < 4.78 is 15.9. The average Bonchev–Trinajstić information content (AvgIpc) is 2.92. The van der Waals surface area contributed by atoms with E-state index in [4.69, 9.17) is 14.2 Å². The Bertz CT molecular complexity index is 1340. The molecule has 1 heterocycles. The van der Waals surface area contributed by atoms with E-state index >= 15 is 0 Å². The first kappa shape index (κ1) is 28.2. The summed E-state index contributed by atoms with van der Waals surface area (Å²) in [7, 11) is 3.09. The van der Waals surface area contributed by atoms with Gasteiger partial charge in [-0.2, -0.15) is 10.4 Å². The maximum absolute atomic E-state index is 12.2. The van der Waals surface area contributed by atoms with Crippen molar-refractivity contribution in [2.24, 2.45) is 5.10 Å². The van der Waals surface area contributed by atoms with Crippen LogP contribution in [0, 0.1) is 18.3 Å². The molecule has 0 aliphatic heterocycles. The Morgan fingerprint density at radius 3 is 2.61 bits per heavy atom. The number of pyridine rings is 1. The first-order valence-electron chi connectivity index (χ1n) is 11.4. The van der Waals surface area contributed by atoms with Crippen LogP contribution in [-0.2, 0) is 20.9 Å². The number of rotatable bonds is 12. The average molecular weight is 534 g/mol. The molecule has 0 spiro atoms. The van der Waals surface area contributed by atoms with Crippen molar-refractivity contribution in [3.05, 3.63) is 77.0 Å². The molecule has 0 unspecified atom stereocenters. The van der Waals surface area contributed by atoms with Crippen LogP contribution >= 0.6 is 11.8 Å². The molecule has 0 aliphatic rings. The highest BCUT2D eigenvalue weighted by Crippen LogP contribution is 2.25. The molecular formula is C27H27N5O5S. The van der Waals surface area contributed by atoms with Crippen molar-refractivity contribution in [1.82, 2.24) is 10.4 Å². The molecule has 11 heteroatoms. The Labute approximate surface area is 225 Å². The zero-order valence-electron chi connectivity index (χ0n) is 21.2. The summed E-state index contributed by atoms with van der Waals surface area (Å²) in [6, 6.07) is 17.9. The van der Waals surface area contributed by atoms with Gasteiger partial charge in [-0.1, -0.05) is 23.9 Å². The number of hydrogen-bond donors (Lipinski definition) is 2. The number of ether oxygens (including phenoxy) is 3. The smallest absolute Gasteiger partial charge is 0.262 e. The highest BCUT2D eigenvalue weighted by molar-refractivity contribution is 8.00. The van der Waals surface area contributed by atoms with Crippen molar-refractivity contribution in [3.8, 4) is 17.6 Å². The molecule has 1 aromatic heterocycles. The molecule has 0 saturated heterocycles. The van der Waals surface area contributed by atoms with E-state index in [2.05, 4.69) is 26.9 Å². The molecule has 38 heavy (non-hydrogen) atoms. The van der Waals surface area contributed by atoms with Crippen LogP contribution in [0.15, 0.2) is 64.7 Å². The number of aromatic nitrogens is 1. The molecule has 0 aliphatic carbocycles. The summed E-state index contributed by atoms with van der Waals surface area (Å²) in [6.45, 7) is 1.94. The molecule has 0 radical (unpaired) electrons. The second-order valence-electron chi connectivity index (χ2n) is 7.84. The molecule has 0 saturated carbocycles. The van der Waals surface area contributed by atoms with Crippen molar-refractivity contribution in [1.29, 1.82) is 5.26 Å². The number of amides is 2. The van der Waals surface area contributed by atoms with Gasteiger partial charge in [-0.05, 0) is 60.5 Å². The lowest BCUT2D eigenvalue weighted by Crippen LogP contribution is -2.20. The van der Waals surface area contributed by atoms with Gasteiger partial charge in [-0.25, -0.2) is 10.4 Å². The molecule has 0 bridgehead atoms. The van der Waals surface area contributed by atoms with Crippen LogP contribution in [0.2, 0.25) is 0 Å². The van der Waals surface area contributed by atoms with Gasteiger partial charge in [-0.3, -0.25) is 9.59 Å². The predicted octanol–water partition coefficient (Wildman–Crippen LogP) is 3.68. The number of benzene rings is 2. The lowest BCUT2D eigenvalue weighted by atomic mass is 10.1. The monoisotopic (exact) mass is 533 g/mol. The Morgan fingerprint density at radius 2 is 1.89 bits per heavy atom. The van der Waals surface area contributed by atoms with Crippen molar-refractivity contribution >= 4 is 35.5 Å². The van der Waals surface area contributed by atoms with Gasteiger partial charge in [-0.15, -0.1) is 0 Å². The summed E-state index contributed by atoms with van der Waals surface area (Å²) in [5.74, 6) is 0.444. The van der Waals surface area contributed by atoms with Crippen LogP contribution in [0.25, 0.3) is 0 Å². The van der Waals surface area contributed by atoms with E-state index in [9.17, 15) is 14.9 Å². The number of hydrogen-bond acceptors (Lipinski definition) is 9. The molecular weight excluding hydrogens is 506 g/mol. The maximum atomic E-state index is 12.2. The van der Waals surface area contributed by atoms with Crippen LogP contribution in [0.3, 0.4) is 0 Å². The molecule has 10 nitrogen and oxygen atoms in total. The molecule has 2 aromatic carbocycles. The van der Waals surface area contributed by atoms with E-state index in [1.807, 2.05) is 13.0 Å². The second kappa shape index (κ2) is 14.4. The van der Waals surface area contributed by atoms with Crippen LogP contribution in [0.5, 0.6) is 11.5 Å². The van der Waals surface area contributed by atoms with Crippen LogP contribution in [0.1, 0.15) is 22.4 Å². The zero-order chi connectivity index (χ0) is 27.3. The maximum Gasteiger partial charge on any atom is 0.262 e. The third-order valence-corrected chi connectivity index (χ3v) is 5.96. The summed E-state index contributed by atoms with van der Waals surface area (Å²) >= 11 is 1.16. The van der Waals surface area contributed by atoms with E-state index in [0.717, 1.165) is 28.6 Å². The lowest BCUT2D eigenvalue weighted by Gasteiger charge is -2.10. The van der Waals surface area contributed by atoms with Gasteiger partial charge in [0.25, 0.3) is 5.91 Å². The largest absolute Gasteiger partial charge is 0.495 e. The van der Waals surface area contributed by atoms with Crippen molar-refractivity contribution in [2.45, 2.75) is 18.6 Å². The number of nitrogens with one attached hydrogen (secondary N) is 2. The lowest BCUT2D eigenvalue weighted by molar-refractivity contribution is -0.119. The molecule has 0 atom stereocenters. The third-order valence-electron chi connectivity index (χ3n) is 4.98. The number of carbonyl (C=O) groups is 2. The van der Waals surface area contributed by atoms with Crippen molar-refractivity contribution in [2.75, 3.05) is 31.9 Å². The van der Waals surface area contributed by atoms with Crippen LogP contribution < -0.4 is 20.2 Å².